The lowest BCUT2D eigenvalue weighted by molar-refractivity contribution is -0.148. The van der Waals surface area contributed by atoms with Gasteiger partial charge in [-0.05, 0) is 12.1 Å². The highest BCUT2D eigenvalue weighted by molar-refractivity contribution is 7.16. The van der Waals surface area contributed by atoms with Crippen molar-refractivity contribution in [1.29, 1.82) is 0 Å². The van der Waals surface area contributed by atoms with Crippen LogP contribution in [0.15, 0.2) is 18.2 Å². The van der Waals surface area contributed by atoms with Crippen LogP contribution in [0.5, 0.6) is 0 Å². The Balaban J connectivity index is 1.82. The maximum absolute atomic E-state index is 12.9. The number of rotatable bonds is 5. The summed E-state index contributed by atoms with van der Waals surface area (Å²) in [5, 5.41) is 10.9. The molecule has 1 unspecified atom stereocenters. The fraction of sp³-hybridized carbons (Fsp3) is 0.579. The molecule has 0 aromatic carbocycles. The van der Waals surface area contributed by atoms with Crippen LogP contribution >= 0.6 is 22.9 Å². The van der Waals surface area contributed by atoms with E-state index in [0.717, 1.165) is 4.88 Å². The van der Waals surface area contributed by atoms with Crippen molar-refractivity contribution in [1.82, 2.24) is 20.0 Å². The van der Waals surface area contributed by atoms with Gasteiger partial charge in [0.05, 0.1) is 29.2 Å². The Morgan fingerprint density at radius 1 is 1.37 bits per heavy atom. The molecule has 1 saturated heterocycles. The summed E-state index contributed by atoms with van der Waals surface area (Å²) in [5.74, 6) is 0.299. The molecule has 1 aliphatic heterocycles. The van der Waals surface area contributed by atoms with Crippen LogP contribution in [0.1, 0.15) is 42.2 Å². The van der Waals surface area contributed by atoms with Crippen LogP contribution in [0, 0.1) is 5.41 Å². The van der Waals surface area contributed by atoms with E-state index in [-0.39, 0.29) is 12.5 Å². The second-order valence-corrected chi connectivity index (χ2v) is 10.1. The van der Waals surface area contributed by atoms with Gasteiger partial charge in [-0.15, -0.1) is 11.3 Å². The summed E-state index contributed by atoms with van der Waals surface area (Å²) in [7, 11) is 0. The molecular formula is C19H25ClF3N5OS. The highest BCUT2D eigenvalue weighted by Crippen LogP contribution is 2.27. The number of anilines is 1. The highest BCUT2D eigenvalue weighted by atomic mass is 35.5. The van der Waals surface area contributed by atoms with Crippen molar-refractivity contribution < 1.29 is 18.0 Å². The normalized spacial score (nSPS) is 18.6. The van der Waals surface area contributed by atoms with Crippen LogP contribution in [0.3, 0.4) is 0 Å². The molecule has 1 atom stereocenters. The van der Waals surface area contributed by atoms with E-state index in [9.17, 15) is 18.0 Å². The van der Waals surface area contributed by atoms with Gasteiger partial charge in [0.2, 0.25) is 0 Å². The second kappa shape index (κ2) is 8.86. The van der Waals surface area contributed by atoms with E-state index in [1.54, 1.807) is 32.9 Å². The molecule has 0 amide bonds. The van der Waals surface area contributed by atoms with Crippen molar-refractivity contribution in [2.24, 2.45) is 5.41 Å². The zero-order valence-corrected chi connectivity index (χ0v) is 18.6. The Morgan fingerprint density at radius 2 is 2.10 bits per heavy atom. The number of carbonyl (C=O) groups is 1. The molecule has 2 aromatic heterocycles. The fourth-order valence-corrected chi connectivity index (χ4v) is 4.23. The van der Waals surface area contributed by atoms with E-state index >= 15 is 0 Å². The van der Waals surface area contributed by atoms with Crippen molar-refractivity contribution in [2.75, 3.05) is 31.5 Å². The van der Waals surface area contributed by atoms with E-state index in [1.807, 2.05) is 6.07 Å². The third-order valence-electron chi connectivity index (χ3n) is 4.65. The van der Waals surface area contributed by atoms with E-state index in [1.165, 1.54) is 20.9 Å². The van der Waals surface area contributed by atoms with Gasteiger partial charge in [0.15, 0.2) is 0 Å². The number of halogens is 4. The number of piperazine rings is 1. The van der Waals surface area contributed by atoms with Crippen molar-refractivity contribution in [2.45, 2.75) is 39.5 Å². The summed E-state index contributed by atoms with van der Waals surface area (Å²) in [6.45, 7) is 5.77. The first kappa shape index (κ1) is 23.1. The third-order valence-corrected chi connectivity index (χ3v) is 5.89. The average molecular weight is 464 g/mol. The number of nitrogens with one attached hydrogen (secondary N) is 2. The largest absolute Gasteiger partial charge is 0.401 e. The predicted molar refractivity (Wildman–Crippen MR) is 112 cm³/mol. The molecule has 0 aliphatic carbocycles. The van der Waals surface area contributed by atoms with Crippen molar-refractivity contribution in [3.63, 3.8) is 0 Å². The number of carbonyl (C=O) groups excluding carboxylic acids is 1. The maximum atomic E-state index is 12.9. The topological polar surface area (TPSA) is 62.2 Å². The lowest BCUT2D eigenvalue weighted by Gasteiger charge is -2.33. The smallest absolute Gasteiger partial charge is 0.365 e. The number of nitrogens with zero attached hydrogens (tertiary/aromatic N) is 3. The minimum absolute atomic E-state index is 0.167. The summed E-state index contributed by atoms with van der Waals surface area (Å²) >= 11 is 7.40. The van der Waals surface area contributed by atoms with Crippen molar-refractivity contribution >= 4 is 34.7 Å². The SMILES string of the molecule is CC(C)(C)C(=O)n1nc(C2CN(CC(F)(F)F)CCN2)cc1NCc1ccc(Cl)s1. The van der Waals surface area contributed by atoms with E-state index in [2.05, 4.69) is 15.7 Å². The van der Waals surface area contributed by atoms with Crippen molar-refractivity contribution in [3.8, 4) is 0 Å². The van der Waals surface area contributed by atoms with Crippen LogP contribution in [0.2, 0.25) is 4.34 Å². The molecule has 2 aromatic rings. The monoisotopic (exact) mass is 463 g/mol. The molecule has 1 fully saturated rings. The lowest BCUT2D eigenvalue weighted by atomic mass is 9.96. The van der Waals surface area contributed by atoms with Crippen LogP contribution in [-0.2, 0) is 6.54 Å². The van der Waals surface area contributed by atoms with Crippen molar-refractivity contribution in [3.05, 3.63) is 33.1 Å². The molecule has 3 heterocycles. The molecule has 6 nitrogen and oxygen atoms in total. The fourth-order valence-electron chi connectivity index (χ4n) is 3.20. The Bertz CT molecular complexity index is 890. The average Bonchev–Trinajstić information content (AvgIpc) is 3.23. The van der Waals surface area contributed by atoms with Crippen LogP contribution in [0.25, 0.3) is 0 Å². The molecule has 30 heavy (non-hydrogen) atoms. The first-order valence-electron chi connectivity index (χ1n) is 9.58. The standard InChI is InChI=1S/C19H25ClF3N5OS/c1-18(2,3)17(29)28-16(25-9-12-4-5-15(20)30-12)8-13(26-28)14-10-27(7-6-24-14)11-19(21,22)23/h4-5,8,14,24-25H,6-7,9-11H2,1-3H3. The number of aromatic nitrogens is 2. The van der Waals surface area contributed by atoms with Gasteiger partial charge in [-0.3, -0.25) is 9.69 Å². The zero-order chi connectivity index (χ0) is 22.1. The predicted octanol–water partition coefficient (Wildman–Crippen LogP) is 4.41. The Morgan fingerprint density at radius 3 is 2.70 bits per heavy atom. The molecule has 2 N–H and O–H groups in total. The molecule has 166 valence electrons. The summed E-state index contributed by atoms with van der Waals surface area (Å²) in [5.41, 5.74) is -0.139. The Hall–Kier alpha value is -1.62. The van der Waals surface area contributed by atoms with E-state index < -0.39 is 24.2 Å². The molecule has 0 bridgehead atoms. The summed E-state index contributed by atoms with van der Waals surface area (Å²) in [6.07, 6.45) is -4.25. The number of hydrogen-bond acceptors (Lipinski definition) is 6. The molecular weight excluding hydrogens is 439 g/mol. The van der Waals surface area contributed by atoms with Gasteiger partial charge in [-0.2, -0.15) is 23.0 Å². The molecule has 0 saturated carbocycles. The van der Waals surface area contributed by atoms with E-state index in [4.69, 9.17) is 11.6 Å². The first-order chi connectivity index (χ1) is 13.9. The van der Waals surface area contributed by atoms with Gasteiger partial charge in [0.25, 0.3) is 5.91 Å². The molecule has 1 aliphatic rings. The number of thiophene rings is 1. The van der Waals surface area contributed by atoms with Gasteiger partial charge in [0, 0.05) is 36.0 Å². The quantitative estimate of drug-likeness (QED) is 0.688. The van der Waals surface area contributed by atoms with Gasteiger partial charge < -0.3 is 10.6 Å². The summed E-state index contributed by atoms with van der Waals surface area (Å²) in [4.78, 5) is 15.3. The Labute approximate surface area is 182 Å². The zero-order valence-electron chi connectivity index (χ0n) is 17.0. The summed E-state index contributed by atoms with van der Waals surface area (Å²) in [6, 6.07) is 5.03. The highest BCUT2D eigenvalue weighted by Gasteiger charge is 2.34. The van der Waals surface area contributed by atoms with Crippen LogP contribution in [-0.4, -0.2) is 52.9 Å². The van der Waals surface area contributed by atoms with Gasteiger partial charge >= 0.3 is 6.18 Å². The first-order valence-corrected chi connectivity index (χ1v) is 10.8. The Kier molecular flexibility index (Phi) is 6.81. The lowest BCUT2D eigenvalue weighted by Crippen LogP contribution is -2.48. The van der Waals surface area contributed by atoms with E-state index in [0.29, 0.717) is 35.5 Å². The molecule has 11 heteroatoms. The second-order valence-electron chi connectivity index (χ2n) is 8.34. The summed E-state index contributed by atoms with van der Waals surface area (Å²) < 4.78 is 40.4. The maximum Gasteiger partial charge on any atom is 0.401 e. The van der Waals surface area contributed by atoms with Gasteiger partial charge in [-0.1, -0.05) is 32.4 Å². The van der Waals surface area contributed by atoms with Crippen LogP contribution in [0.4, 0.5) is 19.0 Å². The third kappa shape index (κ3) is 5.96. The van der Waals surface area contributed by atoms with Gasteiger partial charge in [0.1, 0.15) is 5.82 Å². The number of hydrogen-bond donors (Lipinski definition) is 2. The molecule has 3 rings (SSSR count). The molecule has 0 radical (unpaired) electrons. The van der Waals surface area contributed by atoms with Crippen LogP contribution < -0.4 is 10.6 Å². The molecule has 0 spiro atoms. The minimum atomic E-state index is -4.25. The van der Waals surface area contributed by atoms with Gasteiger partial charge in [-0.25, -0.2) is 0 Å². The number of alkyl halides is 3. The minimum Gasteiger partial charge on any atom is -0.365 e.